The number of nitrogens with zero attached hydrogens (tertiary/aromatic N) is 1. The van der Waals surface area contributed by atoms with Crippen molar-refractivity contribution in [2.24, 2.45) is 5.73 Å². The molecule has 3 heteroatoms. The summed E-state index contributed by atoms with van der Waals surface area (Å²) in [7, 11) is 0. The van der Waals surface area contributed by atoms with E-state index < -0.39 is 0 Å². The van der Waals surface area contributed by atoms with E-state index in [1.165, 1.54) is 16.5 Å². The molecular weight excluding hydrogens is 258 g/mol. The van der Waals surface area contributed by atoms with E-state index >= 15 is 0 Å². The molecule has 0 bridgehead atoms. The number of pyridine rings is 1. The summed E-state index contributed by atoms with van der Waals surface area (Å²) in [5, 5.41) is 5.77. The Hall–Kier alpha value is -2.39. The van der Waals surface area contributed by atoms with Gasteiger partial charge in [-0.25, -0.2) is 4.98 Å². The van der Waals surface area contributed by atoms with Gasteiger partial charge in [-0.3, -0.25) is 0 Å². The van der Waals surface area contributed by atoms with E-state index in [0.29, 0.717) is 6.54 Å². The quantitative estimate of drug-likeness (QED) is 0.752. The van der Waals surface area contributed by atoms with Gasteiger partial charge in [-0.05, 0) is 35.5 Å². The molecule has 1 heterocycles. The first-order valence-electron chi connectivity index (χ1n) is 7.22. The molecule has 0 unspecified atom stereocenters. The number of fused-ring (bicyclic) bond motifs is 1. The summed E-state index contributed by atoms with van der Waals surface area (Å²) in [4.78, 5) is 4.44. The number of nitrogens with two attached hydrogens (primary N) is 1. The molecule has 0 aliphatic rings. The van der Waals surface area contributed by atoms with E-state index in [1.54, 1.807) is 0 Å². The van der Waals surface area contributed by atoms with Gasteiger partial charge in [-0.2, -0.15) is 0 Å². The Morgan fingerprint density at radius 1 is 0.905 bits per heavy atom. The van der Waals surface area contributed by atoms with Crippen LogP contribution in [0.5, 0.6) is 0 Å². The minimum Gasteiger partial charge on any atom is -0.365 e. The number of hydrogen-bond acceptors (Lipinski definition) is 3. The molecule has 0 spiro atoms. The van der Waals surface area contributed by atoms with Gasteiger partial charge in [0.05, 0.1) is 0 Å². The first kappa shape index (κ1) is 13.6. The minimum absolute atomic E-state index is 0.692. The second kappa shape index (κ2) is 6.37. The third-order valence-corrected chi connectivity index (χ3v) is 3.59. The lowest BCUT2D eigenvalue weighted by Gasteiger charge is -2.09. The predicted octanol–water partition coefficient (Wildman–Crippen LogP) is 3.35. The van der Waals surface area contributed by atoms with Crippen LogP contribution in [0.1, 0.15) is 11.1 Å². The number of anilines is 1. The van der Waals surface area contributed by atoms with E-state index in [1.807, 2.05) is 24.4 Å². The van der Waals surface area contributed by atoms with Gasteiger partial charge < -0.3 is 11.1 Å². The minimum atomic E-state index is 0.692. The summed E-state index contributed by atoms with van der Waals surface area (Å²) in [6, 6.07) is 18.9. The van der Waals surface area contributed by atoms with Crippen LogP contribution in [0.25, 0.3) is 10.8 Å². The maximum atomic E-state index is 5.57. The Kier molecular flexibility index (Phi) is 4.12. The van der Waals surface area contributed by atoms with Crippen LogP contribution in [0.4, 0.5) is 5.82 Å². The SMILES string of the molecule is NCCc1ccc(CNc2nccc3ccccc23)cc1. The van der Waals surface area contributed by atoms with Crippen molar-refractivity contribution in [2.45, 2.75) is 13.0 Å². The van der Waals surface area contributed by atoms with Gasteiger partial charge in [0, 0.05) is 18.1 Å². The van der Waals surface area contributed by atoms with Crippen LogP contribution in [0, 0.1) is 0 Å². The number of rotatable bonds is 5. The van der Waals surface area contributed by atoms with Gasteiger partial charge in [0.2, 0.25) is 0 Å². The molecular formula is C18H19N3. The van der Waals surface area contributed by atoms with Crippen molar-refractivity contribution in [3.8, 4) is 0 Å². The second-order valence-electron chi connectivity index (χ2n) is 5.09. The van der Waals surface area contributed by atoms with E-state index in [2.05, 4.69) is 46.7 Å². The zero-order valence-electron chi connectivity index (χ0n) is 11.9. The summed E-state index contributed by atoms with van der Waals surface area (Å²) in [6.07, 6.45) is 2.77. The zero-order valence-corrected chi connectivity index (χ0v) is 11.9. The van der Waals surface area contributed by atoms with Crippen molar-refractivity contribution >= 4 is 16.6 Å². The van der Waals surface area contributed by atoms with Gasteiger partial charge >= 0.3 is 0 Å². The third kappa shape index (κ3) is 3.20. The lowest BCUT2D eigenvalue weighted by atomic mass is 10.1. The van der Waals surface area contributed by atoms with Crippen LogP contribution in [0.15, 0.2) is 60.8 Å². The first-order chi connectivity index (χ1) is 10.4. The summed E-state index contributed by atoms with van der Waals surface area (Å²) in [5.41, 5.74) is 8.09. The van der Waals surface area contributed by atoms with Crippen LogP contribution in [0.3, 0.4) is 0 Å². The fourth-order valence-corrected chi connectivity index (χ4v) is 2.44. The number of nitrogens with one attached hydrogen (secondary N) is 1. The molecule has 3 nitrogen and oxygen atoms in total. The molecule has 0 atom stereocenters. The van der Waals surface area contributed by atoms with E-state index in [4.69, 9.17) is 5.73 Å². The number of hydrogen-bond donors (Lipinski definition) is 2. The van der Waals surface area contributed by atoms with Crippen molar-refractivity contribution in [3.05, 3.63) is 71.9 Å². The molecule has 0 saturated carbocycles. The maximum Gasteiger partial charge on any atom is 0.134 e. The Bertz CT molecular complexity index is 715. The van der Waals surface area contributed by atoms with Crippen molar-refractivity contribution < 1.29 is 0 Å². The van der Waals surface area contributed by atoms with Crippen molar-refractivity contribution in [3.63, 3.8) is 0 Å². The summed E-state index contributed by atoms with van der Waals surface area (Å²) in [6.45, 7) is 1.46. The fraction of sp³-hybridized carbons (Fsp3) is 0.167. The molecule has 0 radical (unpaired) electrons. The Morgan fingerprint density at radius 2 is 1.67 bits per heavy atom. The van der Waals surface area contributed by atoms with Crippen LogP contribution in [0.2, 0.25) is 0 Å². The van der Waals surface area contributed by atoms with Gasteiger partial charge in [0.15, 0.2) is 0 Å². The van der Waals surface area contributed by atoms with Crippen molar-refractivity contribution in [2.75, 3.05) is 11.9 Å². The highest BCUT2D eigenvalue weighted by Crippen LogP contribution is 2.20. The molecule has 0 fully saturated rings. The Labute approximate surface area is 124 Å². The highest BCUT2D eigenvalue weighted by Gasteiger charge is 2.01. The highest BCUT2D eigenvalue weighted by molar-refractivity contribution is 5.91. The molecule has 3 aromatic rings. The fourth-order valence-electron chi connectivity index (χ4n) is 2.44. The normalized spacial score (nSPS) is 10.7. The summed E-state index contributed by atoms with van der Waals surface area (Å²) < 4.78 is 0. The molecule has 3 rings (SSSR count). The second-order valence-corrected chi connectivity index (χ2v) is 5.09. The Balaban J connectivity index is 1.74. The number of benzene rings is 2. The third-order valence-electron chi connectivity index (χ3n) is 3.59. The van der Waals surface area contributed by atoms with Crippen LogP contribution < -0.4 is 11.1 Å². The van der Waals surface area contributed by atoms with Crippen LogP contribution in [-0.2, 0) is 13.0 Å². The molecule has 2 aromatic carbocycles. The molecule has 0 aliphatic carbocycles. The molecule has 0 amide bonds. The lowest BCUT2D eigenvalue weighted by molar-refractivity contribution is 0.966. The van der Waals surface area contributed by atoms with E-state index in [9.17, 15) is 0 Å². The molecule has 3 N–H and O–H groups in total. The van der Waals surface area contributed by atoms with Crippen molar-refractivity contribution in [1.29, 1.82) is 0 Å². The van der Waals surface area contributed by atoms with Crippen LogP contribution >= 0.6 is 0 Å². The standard InChI is InChI=1S/C18H19N3/c19-11-9-14-5-7-15(8-6-14)13-21-18-17-4-2-1-3-16(17)10-12-20-18/h1-8,10,12H,9,11,13,19H2,(H,20,21). The van der Waals surface area contributed by atoms with Crippen molar-refractivity contribution in [1.82, 2.24) is 4.98 Å². The van der Waals surface area contributed by atoms with Gasteiger partial charge in [0.25, 0.3) is 0 Å². The zero-order chi connectivity index (χ0) is 14.5. The summed E-state index contributed by atoms with van der Waals surface area (Å²) >= 11 is 0. The van der Waals surface area contributed by atoms with Crippen LogP contribution in [-0.4, -0.2) is 11.5 Å². The maximum absolute atomic E-state index is 5.57. The topological polar surface area (TPSA) is 50.9 Å². The Morgan fingerprint density at radius 3 is 2.48 bits per heavy atom. The lowest BCUT2D eigenvalue weighted by Crippen LogP contribution is -2.04. The van der Waals surface area contributed by atoms with Gasteiger partial charge in [0.1, 0.15) is 5.82 Å². The molecule has 0 saturated heterocycles. The average molecular weight is 277 g/mol. The van der Waals surface area contributed by atoms with Gasteiger partial charge in [-0.1, -0.05) is 48.5 Å². The first-order valence-corrected chi connectivity index (χ1v) is 7.22. The highest BCUT2D eigenvalue weighted by atomic mass is 15.0. The summed E-state index contributed by atoms with van der Waals surface area (Å²) in [5.74, 6) is 0.930. The largest absolute Gasteiger partial charge is 0.365 e. The smallest absolute Gasteiger partial charge is 0.134 e. The average Bonchev–Trinajstić information content (AvgIpc) is 2.54. The molecule has 21 heavy (non-hydrogen) atoms. The molecule has 106 valence electrons. The monoisotopic (exact) mass is 277 g/mol. The predicted molar refractivity (Wildman–Crippen MR) is 88.3 cm³/mol. The van der Waals surface area contributed by atoms with E-state index in [0.717, 1.165) is 24.2 Å². The van der Waals surface area contributed by atoms with E-state index in [-0.39, 0.29) is 0 Å². The number of aromatic nitrogens is 1. The van der Waals surface area contributed by atoms with Gasteiger partial charge in [-0.15, -0.1) is 0 Å². The molecule has 0 aliphatic heterocycles. The molecule has 1 aromatic heterocycles.